The number of amides is 1. The lowest BCUT2D eigenvalue weighted by molar-refractivity contribution is -0.115. The predicted octanol–water partition coefficient (Wildman–Crippen LogP) is 2.10. The molecule has 1 saturated heterocycles. The van der Waals surface area contributed by atoms with E-state index in [0.717, 1.165) is 24.7 Å². The van der Waals surface area contributed by atoms with E-state index >= 15 is 0 Å². The minimum Gasteiger partial charge on any atom is -0.383 e. The Bertz CT molecular complexity index is 453. The maximum absolute atomic E-state index is 11.8. The number of hydrogen-bond donors (Lipinski definition) is 2. The summed E-state index contributed by atoms with van der Waals surface area (Å²) < 4.78 is 4.92. The van der Waals surface area contributed by atoms with Crippen molar-refractivity contribution in [3.8, 4) is 0 Å². The van der Waals surface area contributed by atoms with Crippen LogP contribution in [-0.2, 0) is 9.53 Å². The summed E-state index contributed by atoms with van der Waals surface area (Å²) >= 11 is 0. The largest absolute Gasteiger partial charge is 0.383 e. The Kier molecular flexibility index (Phi) is 6.68. The van der Waals surface area contributed by atoms with Gasteiger partial charge in [0.15, 0.2) is 0 Å². The fourth-order valence-electron chi connectivity index (χ4n) is 2.60. The van der Waals surface area contributed by atoms with Gasteiger partial charge in [-0.15, -0.1) is 0 Å². The molecule has 1 amide bonds. The minimum absolute atomic E-state index is 0.0318. The molecule has 0 bridgehead atoms. The van der Waals surface area contributed by atoms with Crippen molar-refractivity contribution in [3.05, 3.63) is 24.3 Å². The average molecular weight is 305 g/mol. The molecular formula is C17H27N3O2. The SMILES string of the molecule is COCCNCC(=O)Nc1ccc(N2CCC(C)CC2)cc1. The molecule has 1 heterocycles. The number of carbonyl (C=O) groups is 1. The number of rotatable bonds is 7. The number of ether oxygens (including phenoxy) is 1. The summed E-state index contributed by atoms with van der Waals surface area (Å²) in [4.78, 5) is 14.2. The topological polar surface area (TPSA) is 53.6 Å². The lowest BCUT2D eigenvalue weighted by Gasteiger charge is -2.32. The molecule has 0 unspecified atom stereocenters. The summed E-state index contributed by atoms with van der Waals surface area (Å²) in [7, 11) is 1.65. The van der Waals surface area contributed by atoms with Crippen LogP contribution in [0.5, 0.6) is 0 Å². The maximum atomic E-state index is 11.8. The third-order valence-electron chi connectivity index (χ3n) is 4.07. The number of benzene rings is 1. The first kappa shape index (κ1) is 16.8. The second kappa shape index (κ2) is 8.76. The van der Waals surface area contributed by atoms with E-state index in [2.05, 4.69) is 34.6 Å². The van der Waals surface area contributed by atoms with Gasteiger partial charge < -0.3 is 20.3 Å². The summed E-state index contributed by atoms with van der Waals surface area (Å²) in [5.41, 5.74) is 2.08. The van der Waals surface area contributed by atoms with E-state index in [9.17, 15) is 4.79 Å². The van der Waals surface area contributed by atoms with Crippen molar-refractivity contribution in [1.82, 2.24) is 5.32 Å². The van der Waals surface area contributed by atoms with Gasteiger partial charge in [-0.3, -0.25) is 4.79 Å². The van der Waals surface area contributed by atoms with Crippen molar-refractivity contribution in [2.45, 2.75) is 19.8 Å². The Morgan fingerprint density at radius 1 is 1.27 bits per heavy atom. The van der Waals surface area contributed by atoms with Gasteiger partial charge in [-0.25, -0.2) is 0 Å². The highest BCUT2D eigenvalue weighted by molar-refractivity contribution is 5.92. The van der Waals surface area contributed by atoms with Gasteiger partial charge in [0.1, 0.15) is 0 Å². The van der Waals surface area contributed by atoms with Crippen LogP contribution < -0.4 is 15.5 Å². The molecule has 2 N–H and O–H groups in total. The van der Waals surface area contributed by atoms with Gasteiger partial charge in [0.25, 0.3) is 0 Å². The number of carbonyl (C=O) groups excluding carboxylic acids is 1. The molecular weight excluding hydrogens is 278 g/mol. The van der Waals surface area contributed by atoms with Gasteiger partial charge in [-0.05, 0) is 43.0 Å². The van der Waals surface area contributed by atoms with Crippen molar-refractivity contribution in [1.29, 1.82) is 0 Å². The Morgan fingerprint density at radius 2 is 1.95 bits per heavy atom. The lowest BCUT2D eigenvalue weighted by Crippen LogP contribution is -2.32. The van der Waals surface area contributed by atoms with Gasteiger partial charge in [-0.2, -0.15) is 0 Å². The number of nitrogens with one attached hydrogen (secondary N) is 2. The molecule has 2 rings (SSSR count). The van der Waals surface area contributed by atoms with Crippen molar-refractivity contribution in [2.75, 3.05) is 50.1 Å². The smallest absolute Gasteiger partial charge is 0.238 e. The lowest BCUT2D eigenvalue weighted by atomic mass is 9.99. The van der Waals surface area contributed by atoms with Gasteiger partial charge in [0.2, 0.25) is 5.91 Å². The maximum Gasteiger partial charge on any atom is 0.238 e. The van der Waals surface area contributed by atoms with E-state index in [4.69, 9.17) is 4.74 Å². The van der Waals surface area contributed by atoms with Crippen LogP contribution in [0.4, 0.5) is 11.4 Å². The molecule has 0 aliphatic carbocycles. The Morgan fingerprint density at radius 3 is 2.59 bits per heavy atom. The van der Waals surface area contributed by atoms with Crippen molar-refractivity contribution >= 4 is 17.3 Å². The van der Waals surface area contributed by atoms with E-state index in [1.807, 2.05) is 12.1 Å². The first-order valence-electron chi connectivity index (χ1n) is 8.03. The number of nitrogens with zero attached hydrogens (tertiary/aromatic N) is 1. The summed E-state index contributed by atoms with van der Waals surface area (Å²) in [5.74, 6) is 0.802. The highest BCUT2D eigenvalue weighted by Crippen LogP contribution is 2.24. The van der Waals surface area contributed by atoms with Crippen LogP contribution >= 0.6 is 0 Å². The molecule has 0 aromatic heterocycles. The molecule has 22 heavy (non-hydrogen) atoms. The number of anilines is 2. The van der Waals surface area contributed by atoms with Gasteiger partial charge >= 0.3 is 0 Å². The third-order valence-corrected chi connectivity index (χ3v) is 4.07. The summed E-state index contributed by atoms with van der Waals surface area (Å²) in [6, 6.07) is 8.12. The second-order valence-corrected chi connectivity index (χ2v) is 5.93. The molecule has 0 atom stereocenters. The fraction of sp³-hybridized carbons (Fsp3) is 0.588. The number of methoxy groups -OCH3 is 1. The third kappa shape index (κ3) is 5.31. The quantitative estimate of drug-likeness (QED) is 0.758. The van der Waals surface area contributed by atoms with E-state index < -0.39 is 0 Å². The van der Waals surface area contributed by atoms with Crippen molar-refractivity contribution in [2.24, 2.45) is 5.92 Å². The molecule has 0 saturated carbocycles. The molecule has 0 radical (unpaired) electrons. The van der Waals surface area contributed by atoms with Crippen LogP contribution in [0.3, 0.4) is 0 Å². The van der Waals surface area contributed by atoms with E-state index in [-0.39, 0.29) is 5.91 Å². The Labute approximate surface area is 133 Å². The zero-order chi connectivity index (χ0) is 15.8. The second-order valence-electron chi connectivity index (χ2n) is 5.93. The molecule has 122 valence electrons. The summed E-state index contributed by atoms with van der Waals surface area (Å²) in [6.45, 7) is 6.14. The van der Waals surface area contributed by atoms with Gasteiger partial charge in [-0.1, -0.05) is 6.92 Å². The first-order valence-corrected chi connectivity index (χ1v) is 8.03. The van der Waals surface area contributed by atoms with Crippen LogP contribution in [-0.4, -0.2) is 45.8 Å². The fourth-order valence-corrected chi connectivity index (χ4v) is 2.60. The van der Waals surface area contributed by atoms with Crippen molar-refractivity contribution < 1.29 is 9.53 Å². The molecule has 1 aliphatic rings. The molecule has 1 fully saturated rings. The minimum atomic E-state index is -0.0318. The van der Waals surface area contributed by atoms with Crippen LogP contribution in [0, 0.1) is 5.92 Å². The molecule has 1 aliphatic heterocycles. The van der Waals surface area contributed by atoms with E-state index in [1.54, 1.807) is 7.11 Å². The van der Waals surface area contributed by atoms with E-state index in [0.29, 0.717) is 19.7 Å². The Hall–Kier alpha value is -1.59. The molecule has 1 aromatic carbocycles. The van der Waals surface area contributed by atoms with Crippen LogP contribution in [0.15, 0.2) is 24.3 Å². The summed E-state index contributed by atoms with van der Waals surface area (Å²) in [6.07, 6.45) is 2.51. The molecule has 0 spiro atoms. The van der Waals surface area contributed by atoms with Crippen LogP contribution in [0.25, 0.3) is 0 Å². The number of hydrogen-bond acceptors (Lipinski definition) is 4. The predicted molar refractivity (Wildman–Crippen MR) is 90.4 cm³/mol. The van der Waals surface area contributed by atoms with Crippen molar-refractivity contribution in [3.63, 3.8) is 0 Å². The monoisotopic (exact) mass is 305 g/mol. The molecule has 1 aromatic rings. The Balaban J connectivity index is 1.78. The average Bonchev–Trinajstić information content (AvgIpc) is 2.53. The highest BCUT2D eigenvalue weighted by Gasteiger charge is 2.15. The van der Waals surface area contributed by atoms with Crippen LogP contribution in [0.1, 0.15) is 19.8 Å². The number of piperidine rings is 1. The normalized spacial score (nSPS) is 15.8. The standard InChI is InChI=1S/C17H27N3O2/c1-14-7-10-20(11-8-14)16-5-3-15(4-6-16)19-17(21)13-18-9-12-22-2/h3-6,14,18H,7-13H2,1-2H3,(H,19,21). The van der Waals surface area contributed by atoms with Gasteiger partial charge in [0, 0.05) is 38.1 Å². The first-order chi connectivity index (χ1) is 10.7. The summed E-state index contributed by atoms with van der Waals surface area (Å²) in [5, 5.41) is 5.92. The van der Waals surface area contributed by atoms with Gasteiger partial charge in [0.05, 0.1) is 13.2 Å². The zero-order valence-corrected chi connectivity index (χ0v) is 13.6. The molecule has 5 heteroatoms. The van der Waals surface area contributed by atoms with Crippen LogP contribution in [0.2, 0.25) is 0 Å². The molecule has 5 nitrogen and oxygen atoms in total. The van der Waals surface area contributed by atoms with E-state index in [1.165, 1.54) is 18.5 Å². The highest BCUT2D eigenvalue weighted by atomic mass is 16.5. The zero-order valence-electron chi connectivity index (χ0n) is 13.6.